The van der Waals surface area contributed by atoms with Gasteiger partial charge in [-0.15, -0.1) is 0 Å². The van der Waals surface area contributed by atoms with Crippen molar-refractivity contribution in [1.82, 2.24) is 10.5 Å². The zero-order valence-corrected chi connectivity index (χ0v) is 8.42. The maximum absolute atomic E-state index is 5.31. The van der Waals surface area contributed by atoms with E-state index in [0.29, 0.717) is 12.0 Å². The molecule has 0 spiro atoms. The van der Waals surface area contributed by atoms with Gasteiger partial charge in [-0.2, -0.15) is 0 Å². The molecule has 3 heteroatoms. The van der Waals surface area contributed by atoms with E-state index in [9.17, 15) is 0 Å². The Bertz CT molecular complexity index is 304. The second kappa shape index (κ2) is 3.14. The smallest absolute Gasteiger partial charge is 0.141 e. The van der Waals surface area contributed by atoms with Gasteiger partial charge < -0.3 is 9.84 Å². The topological polar surface area (TPSA) is 38.1 Å². The number of aromatic nitrogens is 1. The molecule has 72 valence electrons. The summed E-state index contributed by atoms with van der Waals surface area (Å²) in [6, 6.07) is 0.457. The summed E-state index contributed by atoms with van der Waals surface area (Å²) in [4.78, 5) is 0. The number of hydrogen-bond donors (Lipinski definition) is 1. The molecule has 1 unspecified atom stereocenters. The van der Waals surface area contributed by atoms with Crippen molar-refractivity contribution in [3.05, 3.63) is 17.0 Å². The molecule has 1 aromatic rings. The van der Waals surface area contributed by atoms with E-state index in [1.807, 2.05) is 7.05 Å². The largest absolute Gasteiger partial charge is 0.361 e. The predicted octanol–water partition coefficient (Wildman–Crippen LogP) is 2.00. The number of fused-ring (bicyclic) bond motifs is 1. The Balaban J connectivity index is 2.40. The first-order chi connectivity index (χ1) is 6.24. The van der Waals surface area contributed by atoms with Crippen LogP contribution in [0.4, 0.5) is 0 Å². The Morgan fingerprint density at radius 1 is 1.54 bits per heavy atom. The standard InChI is InChI=1S/C10H16N2O/c1-6(2)10-9-7(11-3)4-5-8(9)13-12-10/h6-7,11H,4-5H2,1-3H3. The van der Waals surface area contributed by atoms with Gasteiger partial charge in [-0.25, -0.2) is 0 Å². The van der Waals surface area contributed by atoms with E-state index in [1.54, 1.807) is 0 Å². The molecule has 1 atom stereocenters. The molecule has 1 aromatic heterocycles. The maximum Gasteiger partial charge on any atom is 0.141 e. The Labute approximate surface area is 78.5 Å². The van der Waals surface area contributed by atoms with Gasteiger partial charge in [0.15, 0.2) is 0 Å². The van der Waals surface area contributed by atoms with E-state index < -0.39 is 0 Å². The van der Waals surface area contributed by atoms with Crippen molar-refractivity contribution in [2.75, 3.05) is 7.05 Å². The van der Waals surface area contributed by atoms with Gasteiger partial charge in [0.25, 0.3) is 0 Å². The van der Waals surface area contributed by atoms with Gasteiger partial charge in [0.1, 0.15) is 5.76 Å². The fourth-order valence-corrected chi connectivity index (χ4v) is 2.02. The molecular weight excluding hydrogens is 164 g/mol. The molecule has 1 heterocycles. The van der Waals surface area contributed by atoms with Gasteiger partial charge in [0.05, 0.1) is 5.69 Å². The molecule has 0 aromatic carbocycles. The molecule has 1 aliphatic rings. The summed E-state index contributed by atoms with van der Waals surface area (Å²) < 4.78 is 5.31. The van der Waals surface area contributed by atoms with Crippen LogP contribution in [0.3, 0.4) is 0 Å². The number of nitrogens with zero attached hydrogens (tertiary/aromatic N) is 1. The summed E-state index contributed by atoms with van der Waals surface area (Å²) in [6.45, 7) is 4.31. The van der Waals surface area contributed by atoms with Crippen LogP contribution in [0, 0.1) is 0 Å². The molecule has 3 nitrogen and oxygen atoms in total. The molecule has 0 saturated heterocycles. The summed E-state index contributed by atoms with van der Waals surface area (Å²) in [7, 11) is 2.00. The van der Waals surface area contributed by atoms with E-state index in [1.165, 1.54) is 5.56 Å². The van der Waals surface area contributed by atoms with Gasteiger partial charge in [0.2, 0.25) is 0 Å². The quantitative estimate of drug-likeness (QED) is 0.756. The Kier molecular flexibility index (Phi) is 2.12. The summed E-state index contributed by atoms with van der Waals surface area (Å²) in [5, 5.41) is 7.42. The Morgan fingerprint density at radius 3 is 2.92 bits per heavy atom. The molecule has 0 saturated carbocycles. The van der Waals surface area contributed by atoms with E-state index in [-0.39, 0.29) is 0 Å². The van der Waals surface area contributed by atoms with Gasteiger partial charge in [0, 0.05) is 18.0 Å². The maximum atomic E-state index is 5.31. The molecule has 1 aliphatic carbocycles. The Hall–Kier alpha value is -0.830. The minimum atomic E-state index is 0.457. The van der Waals surface area contributed by atoms with E-state index in [4.69, 9.17) is 4.52 Å². The third-order valence-corrected chi connectivity index (χ3v) is 2.73. The third kappa shape index (κ3) is 1.27. The highest BCUT2D eigenvalue weighted by molar-refractivity contribution is 5.32. The van der Waals surface area contributed by atoms with Crippen molar-refractivity contribution < 1.29 is 4.52 Å². The first-order valence-electron chi connectivity index (χ1n) is 4.89. The lowest BCUT2D eigenvalue weighted by molar-refractivity contribution is 0.375. The average Bonchev–Trinajstić information content (AvgIpc) is 2.61. The molecule has 0 bridgehead atoms. The second-order valence-electron chi connectivity index (χ2n) is 3.94. The highest BCUT2D eigenvalue weighted by Crippen LogP contribution is 2.36. The van der Waals surface area contributed by atoms with Crippen molar-refractivity contribution in [3.8, 4) is 0 Å². The number of hydrogen-bond acceptors (Lipinski definition) is 3. The van der Waals surface area contributed by atoms with Crippen LogP contribution in [0.1, 0.15) is 49.2 Å². The van der Waals surface area contributed by atoms with Crippen LogP contribution in [0.5, 0.6) is 0 Å². The predicted molar refractivity (Wildman–Crippen MR) is 50.7 cm³/mol. The van der Waals surface area contributed by atoms with Gasteiger partial charge in [-0.05, 0) is 19.4 Å². The molecule has 0 fully saturated rings. The third-order valence-electron chi connectivity index (χ3n) is 2.73. The minimum Gasteiger partial charge on any atom is -0.361 e. The number of nitrogens with one attached hydrogen (secondary N) is 1. The SMILES string of the molecule is CNC1CCc2onc(C(C)C)c21. The normalized spacial score (nSPS) is 21.1. The molecule has 1 N–H and O–H groups in total. The van der Waals surface area contributed by atoms with Crippen molar-refractivity contribution in [2.45, 2.75) is 38.6 Å². The van der Waals surface area contributed by atoms with Crippen molar-refractivity contribution in [3.63, 3.8) is 0 Å². The zero-order chi connectivity index (χ0) is 9.42. The van der Waals surface area contributed by atoms with Crippen LogP contribution in [-0.2, 0) is 6.42 Å². The monoisotopic (exact) mass is 180 g/mol. The highest BCUT2D eigenvalue weighted by atomic mass is 16.5. The Morgan fingerprint density at radius 2 is 2.31 bits per heavy atom. The lowest BCUT2D eigenvalue weighted by Crippen LogP contribution is -2.14. The van der Waals surface area contributed by atoms with Gasteiger partial charge in [-0.1, -0.05) is 19.0 Å². The molecule has 0 aliphatic heterocycles. The van der Waals surface area contributed by atoms with Crippen LogP contribution in [0.2, 0.25) is 0 Å². The molecule has 13 heavy (non-hydrogen) atoms. The van der Waals surface area contributed by atoms with Gasteiger partial charge >= 0.3 is 0 Å². The fourth-order valence-electron chi connectivity index (χ4n) is 2.02. The van der Waals surface area contributed by atoms with Crippen LogP contribution in [0.15, 0.2) is 4.52 Å². The lowest BCUT2D eigenvalue weighted by Gasteiger charge is -2.10. The second-order valence-corrected chi connectivity index (χ2v) is 3.94. The molecule has 0 amide bonds. The van der Waals surface area contributed by atoms with Crippen LogP contribution in [0.25, 0.3) is 0 Å². The molecule has 0 radical (unpaired) electrons. The average molecular weight is 180 g/mol. The first kappa shape index (κ1) is 8.75. The van der Waals surface area contributed by atoms with E-state index in [2.05, 4.69) is 24.3 Å². The summed E-state index contributed by atoms with van der Waals surface area (Å²) in [5.41, 5.74) is 2.45. The minimum absolute atomic E-state index is 0.457. The fraction of sp³-hybridized carbons (Fsp3) is 0.700. The highest BCUT2D eigenvalue weighted by Gasteiger charge is 2.30. The van der Waals surface area contributed by atoms with Crippen LogP contribution >= 0.6 is 0 Å². The number of aryl methyl sites for hydroxylation is 1. The summed E-state index contributed by atoms with van der Waals surface area (Å²) in [6.07, 6.45) is 2.17. The van der Waals surface area contributed by atoms with Crippen molar-refractivity contribution >= 4 is 0 Å². The first-order valence-corrected chi connectivity index (χ1v) is 4.89. The van der Waals surface area contributed by atoms with Crippen molar-refractivity contribution in [2.24, 2.45) is 0 Å². The van der Waals surface area contributed by atoms with E-state index >= 15 is 0 Å². The van der Waals surface area contributed by atoms with Crippen LogP contribution < -0.4 is 5.32 Å². The lowest BCUT2D eigenvalue weighted by atomic mass is 10.0. The van der Waals surface area contributed by atoms with Crippen molar-refractivity contribution in [1.29, 1.82) is 0 Å². The van der Waals surface area contributed by atoms with Gasteiger partial charge in [-0.3, -0.25) is 0 Å². The van der Waals surface area contributed by atoms with E-state index in [0.717, 1.165) is 24.3 Å². The molecule has 2 rings (SSSR count). The summed E-state index contributed by atoms with van der Waals surface area (Å²) >= 11 is 0. The number of rotatable bonds is 2. The summed E-state index contributed by atoms with van der Waals surface area (Å²) in [5.74, 6) is 1.55. The molecular formula is C10H16N2O. The van der Waals surface area contributed by atoms with Crippen LogP contribution in [-0.4, -0.2) is 12.2 Å². The zero-order valence-electron chi connectivity index (χ0n) is 8.42.